The van der Waals surface area contributed by atoms with Crippen molar-refractivity contribution in [3.63, 3.8) is 0 Å². The van der Waals surface area contributed by atoms with Gasteiger partial charge in [-0.2, -0.15) is 0 Å². The molecule has 3 N–H and O–H groups in total. The molecule has 6 nitrogen and oxygen atoms in total. The number of nitrogens with zero attached hydrogens (tertiary/aromatic N) is 1. The standard InChI is InChI=1S/C18H24Cl2N2O4/c1-18(2,3)14-9-22(17(24)25)8-11(7-15(21)23)16(26-14)10-4-5-12(19)13(20)6-10/h4-6,11,14,16H,7-9H2,1-3H3,(H2,21,23)(H,24,25). The van der Waals surface area contributed by atoms with Gasteiger partial charge in [-0.25, -0.2) is 4.79 Å². The zero-order chi connectivity index (χ0) is 19.6. The highest BCUT2D eigenvalue weighted by Crippen LogP contribution is 2.39. The average molecular weight is 403 g/mol. The molecule has 1 fully saturated rings. The third-order valence-electron chi connectivity index (χ3n) is 4.55. The molecule has 144 valence electrons. The molecule has 3 unspecified atom stereocenters. The largest absolute Gasteiger partial charge is 0.465 e. The van der Waals surface area contributed by atoms with Crippen molar-refractivity contribution in [3.8, 4) is 0 Å². The number of carbonyl (C=O) groups excluding carboxylic acids is 1. The number of carboxylic acid groups (broad SMARTS) is 1. The first-order chi connectivity index (χ1) is 12.0. The van der Waals surface area contributed by atoms with E-state index < -0.39 is 24.0 Å². The summed E-state index contributed by atoms with van der Waals surface area (Å²) in [5, 5.41) is 10.3. The van der Waals surface area contributed by atoms with Gasteiger partial charge in [-0.15, -0.1) is 0 Å². The normalized spacial score (nSPS) is 24.2. The summed E-state index contributed by atoms with van der Waals surface area (Å²) in [6, 6.07) is 5.14. The first-order valence-corrected chi connectivity index (χ1v) is 9.11. The molecule has 3 atom stereocenters. The summed E-state index contributed by atoms with van der Waals surface area (Å²) >= 11 is 12.2. The first-order valence-electron chi connectivity index (χ1n) is 8.35. The van der Waals surface area contributed by atoms with Crippen LogP contribution in [0, 0.1) is 11.3 Å². The van der Waals surface area contributed by atoms with Crippen LogP contribution < -0.4 is 5.73 Å². The molecule has 1 heterocycles. The van der Waals surface area contributed by atoms with Crippen molar-refractivity contribution in [1.29, 1.82) is 0 Å². The number of amides is 2. The van der Waals surface area contributed by atoms with Crippen molar-refractivity contribution in [3.05, 3.63) is 33.8 Å². The van der Waals surface area contributed by atoms with Gasteiger partial charge < -0.3 is 20.5 Å². The molecule has 26 heavy (non-hydrogen) atoms. The van der Waals surface area contributed by atoms with E-state index in [0.717, 1.165) is 5.56 Å². The van der Waals surface area contributed by atoms with Crippen molar-refractivity contribution in [1.82, 2.24) is 4.90 Å². The van der Waals surface area contributed by atoms with Crippen LogP contribution in [0.25, 0.3) is 0 Å². The molecule has 1 aromatic rings. The van der Waals surface area contributed by atoms with Crippen LogP contribution in [-0.4, -0.2) is 41.2 Å². The topological polar surface area (TPSA) is 92.9 Å². The Morgan fingerprint density at radius 2 is 1.92 bits per heavy atom. The lowest BCUT2D eigenvalue weighted by atomic mass is 9.88. The Hall–Kier alpha value is -1.50. The molecule has 1 aliphatic heterocycles. The summed E-state index contributed by atoms with van der Waals surface area (Å²) in [5.41, 5.74) is 5.84. The number of benzene rings is 1. The van der Waals surface area contributed by atoms with Crippen LogP contribution in [0.3, 0.4) is 0 Å². The monoisotopic (exact) mass is 402 g/mol. The average Bonchev–Trinajstić information content (AvgIpc) is 2.69. The van der Waals surface area contributed by atoms with Gasteiger partial charge in [0.25, 0.3) is 0 Å². The molecule has 1 aromatic carbocycles. The number of rotatable bonds is 3. The zero-order valence-electron chi connectivity index (χ0n) is 15.0. The number of hydrogen-bond acceptors (Lipinski definition) is 3. The maximum Gasteiger partial charge on any atom is 0.407 e. The van der Waals surface area contributed by atoms with E-state index in [1.54, 1.807) is 18.2 Å². The van der Waals surface area contributed by atoms with E-state index in [4.69, 9.17) is 33.7 Å². The highest BCUT2D eigenvalue weighted by Gasteiger charge is 2.40. The Kier molecular flexibility index (Phi) is 6.42. The minimum Gasteiger partial charge on any atom is -0.465 e. The van der Waals surface area contributed by atoms with Gasteiger partial charge in [-0.05, 0) is 23.1 Å². The molecular weight excluding hydrogens is 379 g/mol. The minimum absolute atomic E-state index is 0.00551. The number of carbonyl (C=O) groups is 2. The van der Waals surface area contributed by atoms with E-state index in [9.17, 15) is 14.7 Å². The molecule has 0 aromatic heterocycles. The Balaban J connectivity index is 2.48. The molecule has 8 heteroatoms. The lowest BCUT2D eigenvalue weighted by Crippen LogP contribution is -2.42. The predicted octanol–water partition coefficient (Wildman–Crippen LogP) is 3.95. The van der Waals surface area contributed by atoms with E-state index in [-0.39, 0.29) is 31.0 Å². The van der Waals surface area contributed by atoms with E-state index in [2.05, 4.69) is 0 Å². The Bertz CT molecular complexity index is 690. The van der Waals surface area contributed by atoms with Gasteiger partial charge in [-0.3, -0.25) is 4.79 Å². The molecule has 0 saturated carbocycles. The number of nitrogens with two attached hydrogens (primary N) is 1. The van der Waals surface area contributed by atoms with E-state index >= 15 is 0 Å². The quantitative estimate of drug-likeness (QED) is 0.799. The van der Waals surface area contributed by atoms with Gasteiger partial charge >= 0.3 is 6.09 Å². The maximum absolute atomic E-state index is 11.7. The number of halogens is 2. The third kappa shape index (κ3) is 5.02. The minimum atomic E-state index is -1.05. The molecule has 1 saturated heterocycles. The molecule has 0 spiro atoms. The van der Waals surface area contributed by atoms with Crippen molar-refractivity contribution in [2.75, 3.05) is 13.1 Å². The van der Waals surface area contributed by atoms with Crippen LogP contribution in [0.15, 0.2) is 18.2 Å². The molecule has 2 rings (SSSR count). The van der Waals surface area contributed by atoms with Crippen molar-refractivity contribution >= 4 is 35.2 Å². The van der Waals surface area contributed by atoms with Gasteiger partial charge in [0.05, 0.1) is 28.8 Å². The van der Waals surface area contributed by atoms with Crippen LogP contribution in [0.2, 0.25) is 10.0 Å². The summed E-state index contributed by atoms with van der Waals surface area (Å²) in [4.78, 5) is 24.5. The summed E-state index contributed by atoms with van der Waals surface area (Å²) in [7, 11) is 0. The summed E-state index contributed by atoms with van der Waals surface area (Å²) in [6.45, 7) is 6.32. The zero-order valence-corrected chi connectivity index (χ0v) is 16.5. The first kappa shape index (κ1) is 20.8. The summed E-state index contributed by atoms with van der Waals surface area (Å²) in [6.07, 6.45) is -1.93. The maximum atomic E-state index is 11.7. The van der Waals surface area contributed by atoms with Gasteiger partial charge in [0.15, 0.2) is 0 Å². The van der Waals surface area contributed by atoms with Crippen molar-refractivity contribution in [2.45, 2.75) is 39.4 Å². The Labute approximate surface area is 163 Å². The molecule has 0 aliphatic carbocycles. The molecule has 2 amide bonds. The second kappa shape index (κ2) is 8.03. The number of ether oxygens (including phenoxy) is 1. The lowest BCUT2D eigenvalue weighted by molar-refractivity contribution is -0.121. The molecular formula is C18H24Cl2N2O4. The SMILES string of the molecule is CC(C)(C)C1CN(C(=O)O)CC(CC(N)=O)C(c2ccc(Cl)c(Cl)c2)O1. The van der Waals surface area contributed by atoms with E-state index in [1.165, 1.54) is 4.90 Å². The Morgan fingerprint density at radius 3 is 2.42 bits per heavy atom. The van der Waals surface area contributed by atoms with Crippen molar-refractivity contribution < 1.29 is 19.4 Å². The van der Waals surface area contributed by atoms with Gasteiger partial charge in [-0.1, -0.05) is 50.0 Å². The number of primary amides is 1. The van der Waals surface area contributed by atoms with E-state index in [1.807, 2.05) is 20.8 Å². The second-order valence-electron chi connectivity index (χ2n) is 7.70. The number of hydrogen-bond donors (Lipinski definition) is 2. The lowest BCUT2D eigenvalue weighted by Gasteiger charge is -2.34. The van der Waals surface area contributed by atoms with Gasteiger partial charge in [0.2, 0.25) is 5.91 Å². The second-order valence-corrected chi connectivity index (χ2v) is 8.52. The van der Waals surface area contributed by atoms with Crippen LogP contribution in [0.4, 0.5) is 4.79 Å². The van der Waals surface area contributed by atoms with Crippen LogP contribution in [0.5, 0.6) is 0 Å². The van der Waals surface area contributed by atoms with Crippen LogP contribution in [0.1, 0.15) is 38.9 Å². The highest BCUT2D eigenvalue weighted by atomic mass is 35.5. The summed E-state index contributed by atoms with van der Waals surface area (Å²) in [5.74, 6) is -0.934. The molecule has 1 aliphatic rings. The highest BCUT2D eigenvalue weighted by molar-refractivity contribution is 6.42. The Morgan fingerprint density at radius 1 is 1.27 bits per heavy atom. The van der Waals surface area contributed by atoms with Gasteiger partial charge in [0, 0.05) is 18.9 Å². The third-order valence-corrected chi connectivity index (χ3v) is 5.29. The smallest absolute Gasteiger partial charge is 0.407 e. The fourth-order valence-electron chi connectivity index (χ4n) is 3.09. The summed E-state index contributed by atoms with van der Waals surface area (Å²) < 4.78 is 6.34. The fraction of sp³-hybridized carbons (Fsp3) is 0.556. The molecule has 0 radical (unpaired) electrons. The van der Waals surface area contributed by atoms with Crippen LogP contribution in [-0.2, 0) is 9.53 Å². The fourth-order valence-corrected chi connectivity index (χ4v) is 3.40. The van der Waals surface area contributed by atoms with Gasteiger partial charge in [0.1, 0.15) is 0 Å². The predicted molar refractivity (Wildman–Crippen MR) is 100 cm³/mol. The molecule has 0 bridgehead atoms. The van der Waals surface area contributed by atoms with E-state index in [0.29, 0.717) is 10.0 Å². The van der Waals surface area contributed by atoms with Crippen LogP contribution >= 0.6 is 23.2 Å². The van der Waals surface area contributed by atoms with Crippen molar-refractivity contribution in [2.24, 2.45) is 17.1 Å².